The Kier molecular flexibility index (Phi) is 4.92. The molecule has 7 nitrogen and oxygen atoms in total. The summed E-state index contributed by atoms with van der Waals surface area (Å²) >= 11 is 0. The summed E-state index contributed by atoms with van der Waals surface area (Å²) in [4.78, 5) is 26.5. The number of carbonyl (C=O) groups is 2. The summed E-state index contributed by atoms with van der Waals surface area (Å²) in [6.07, 6.45) is 0.815. The van der Waals surface area contributed by atoms with Gasteiger partial charge in [-0.15, -0.1) is 10.2 Å². The van der Waals surface area contributed by atoms with E-state index in [4.69, 9.17) is 0 Å². The third kappa shape index (κ3) is 3.93. The molecule has 3 rings (SSSR count). The Morgan fingerprint density at radius 1 is 1.08 bits per heavy atom. The molecule has 25 heavy (non-hydrogen) atoms. The first kappa shape index (κ1) is 16.9. The van der Waals surface area contributed by atoms with Gasteiger partial charge in [0.25, 0.3) is 5.91 Å². The van der Waals surface area contributed by atoms with Gasteiger partial charge in [-0.25, -0.2) is 0 Å². The highest BCUT2D eigenvalue weighted by molar-refractivity contribution is 5.92. The van der Waals surface area contributed by atoms with Crippen LogP contribution >= 0.6 is 0 Å². The van der Waals surface area contributed by atoms with Crippen LogP contribution < -0.4 is 5.32 Å². The highest BCUT2D eigenvalue weighted by Gasteiger charge is 2.22. The molecule has 130 valence electrons. The van der Waals surface area contributed by atoms with Crippen LogP contribution in [-0.2, 0) is 4.79 Å². The second-order valence-electron chi connectivity index (χ2n) is 6.18. The Balaban J connectivity index is 1.65. The number of rotatable bonds is 4. The second-order valence-corrected chi connectivity index (χ2v) is 6.18. The molecule has 0 bridgehead atoms. The predicted octanol–water partition coefficient (Wildman–Crippen LogP) is 1.75. The lowest BCUT2D eigenvalue weighted by atomic mass is 10.1. The van der Waals surface area contributed by atoms with E-state index in [1.54, 1.807) is 21.9 Å². The Morgan fingerprint density at radius 2 is 1.84 bits per heavy atom. The maximum atomic E-state index is 12.5. The number of nitrogens with one attached hydrogen (secondary N) is 1. The smallest absolute Gasteiger partial charge is 0.274 e. The van der Waals surface area contributed by atoms with Gasteiger partial charge in [0.05, 0.1) is 0 Å². The molecule has 1 aliphatic rings. The Morgan fingerprint density at radius 3 is 2.44 bits per heavy atom. The molecule has 2 amide bonds. The number of anilines is 2. The maximum Gasteiger partial charge on any atom is 0.274 e. The average Bonchev–Trinajstić information content (AvgIpc) is 2.64. The van der Waals surface area contributed by atoms with E-state index >= 15 is 0 Å². The molecule has 0 spiro atoms. The van der Waals surface area contributed by atoms with Crippen molar-refractivity contribution in [2.45, 2.75) is 13.8 Å². The summed E-state index contributed by atoms with van der Waals surface area (Å²) < 4.78 is 0. The van der Waals surface area contributed by atoms with Crippen molar-refractivity contribution in [1.82, 2.24) is 20.0 Å². The van der Waals surface area contributed by atoms with E-state index in [1.807, 2.05) is 26.0 Å². The molecule has 2 aromatic rings. The SMILES string of the molecule is Cc1ccc(Nc2ccc(C(=O)N3CCN(C=O)CC3)nn2)c(C)c1. The number of benzene rings is 1. The number of amides is 2. The highest BCUT2D eigenvalue weighted by Crippen LogP contribution is 2.20. The van der Waals surface area contributed by atoms with Crippen molar-refractivity contribution in [2.24, 2.45) is 0 Å². The second kappa shape index (κ2) is 7.29. The first-order valence-electron chi connectivity index (χ1n) is 8.23. The molecule has 0 radical (unpaired) electrons. The number of aromatic nitrogens is 2. The van der Waals surface area contributed by atoms with Crippen molar-refractivity contribution in [2.75, 3.05) is 31.5 Å². The zero-order valence-corrected chi connectivity index (χ0v) is 14.4. The largest absolute Gasteiger partial charge is 0.342 e. The Hall–Kier alpha value is -2.96. The van der Waals surface area contributed by atoms with Crippen LogP contribution in [0.2, 0.25) is 0 Å². The lowest BCUT2D eigenvalue weighted by Gasteiger charge is -2.32. The van der Waals surface area contributed by atoms with E-state index in [2.05, 4.69) is 21.6 Å². The van der Waals surface area contributed by atoms with Crippen LogP contribution in [0.3, 0.4) is 0 Å². The van der Waals surface area contributed by atoms with Gasteiger partial charge in [0.1, 0.15) is 0 Å². The van der Waals surface area contributed by atoms with Gasteiger partial charge >= 0.3 is 0 Å². The summed E-state index contributed by atoms with van der Waals surface area (Å²) in [5.41, 5.74) is 3.59. The van der Waals surface area contributed by atoms with Crippen molar-refractivity contribution in [1.29, 1.82) is 0 Å². The highest BCUT2D eigenvalue weighted by atomic mass is 16.2. The molecule has 0 unspecified atom stereocenters. The molecule has 1 aromatic heterocycles. The van der Waals surface area contributed by atoms with Crippen molar-refractivity contribution in [3.05, 3.63) is 47.2 Å². The van der Waals surface area contributed by atoms with E-state index in [9.17, 15) is 9.59 Å². The van der Waals surface area contributed by atoms with Gasteiger partial charge in [-0.2, -0.15) is 0 Å². The number of hydrogen-bond donors (Lipinski definition) is 1. The van der Waals surface area contributed by atoms with Crippen LogP contribution in [-0.4, -0.2) is 58.5 Å². The summed E-state index contributed by atoms with van der Waals surface area (Å²) in [6, 6.07) is 9.54. The predicted molar refractivity (Wildman–Crippen MR) is 94.8 cm³/mol. The fourth-order valence-corrected chi connectivity index (χ4v) is 2.80. The zero-order valence-electron chi connectivity index (χ0n) is 14.4. The standard InChI is InChI=1S/C18H21N5O2/c1-13-3-4-15(14(2)11-13)19-17-6-5-16(20-21-17)18(25)23-9-7-22(12-24)8-10-23/h3-6,11-12H,7-10H2,1-2H3,(H,19,21). The van der Waals surface area contributed by atoms with Gasteiger partial charge < -0.3 is 15.1 Å². The monoisotopic (exact) mass is 339 g/mol. The van der Waals surface area contributed by atoms with Crippen LogP contribution in [0.25, 0.3) is 0 Å². The van der Waals surface area contributed by atoms with Crippen LogP contribution in [0.5, 0.6) is 0 Å². The van der Waals surface area contributed by atoms with Gasteiger partial charge in [0.2, 0.25) is 6.41 Å². The third-order valence-corrected chi connectivity index (χ3v) is 4.28. The summed E-state index contributed by atoms with van der Waals surface area (Å²) in [5, 5.41) is 11.4. The minimum Gasteiger partial charge on any atom is -0.342 e. The van der Waals surface area contributed by atoms with Gasteiger partial charge in [-0.05, 0) is 37.6 Å². The van der Waals surface area contributed by atoms with Crippen LogP contribution in [0.15, 0.2) is 30.3 Å². The fraction of sp³-hybridized carbons (Fsp3) is 0.333. The van der Waals surface area contributed by atoms with E-state index in [-0.39, 0.29) is 5.91 Å². The van der Waals surface area contributed by atoms with Crippen molar-refractivity contribution >= 4 is 23.8 Å². The molecule has 2 heterocycles. The molecule has 0 aliphatic carbocycles. The van der Waals surface area contributed by atoms with Crippen LogP contribution in [0, 0.1) is 13.8 Å². The molecule has 1 saturated heterocycles. The molecule has 1 N–H and O–H groups in total. The number of aryl methyl sites for hydroxylation is 2. The lowest BCUT2D eigenvalue weighted by molar-refractivity contribution is -0.119. The molecule has 0 atom stereocenters. The molecule has 1 aliphatic heterocycles. The number of carbonyl (C=O) groups excluding carboxylic acids is 2. The Labute approximate surface area is 146 Å². The number of nitrogens with zero attached hydrogens (tertiary/aromatic N) is 4. The summed E-state index contributed by atoms with van der Waals surface area (Å²) in [7, 11) is 0. The minimum absolute atomic E-state index is 0.156. The van der Waals surface area contributed by atoms with Crippen molar-refractivity contribution < 1.29 is 9.59 Å². The maximum absolute atomic E-state index is 12.5. The molecule has 0 saturated carbocycles. The first-order chi connectivity index (χ1) is 12.1. The number of hydrogen-bond acceptors (Lipinski definition) is 5. The molecular weight excluding hydrogens is 318 g/mol. The average molecular weight is 339 g/mol. The first-order valence-corrected chi connectivity index (χ1v) is 8.23. The third-order valence-electron chi connectivity index (χ3n) is 4.28. The summed E-state index contributed by atoms with van der Waals surface area (Å²) in [5.74, 6) is 0.436. The van der Waals surface area contributed by atoms with Crippen molar-refractivity contribution in [3.8, 4) is 0 Å². The quantitative estimate of drug-likeness (QED) is 0.859. The molecule has 1 fully saturated rings. The lowest BCUT2D eigenvalue weighted by Crippen LogP contribution is -2.48. The number of piperazine rings is 1. The van der Waals surface area contributed by atoms with Gasteiger partial charge in [0, 0.05) is 31.9 Å². The van der Waals surface area contributed by atoms with E-state index < -0.39 is 0 Å². The zero-order chi connectivity index (χ0) is 17.8. The van der Waals surface area contributed by atoms with Crippen LogP contribution in [0.4, 0.5) is 11.5 Å². The Bertz CT molecular complexity index is 768. The van der Waals surface area contributed by atoms with E-state index in [1.165, 1.54) is 5.56 Å². The molecule has 7 heteroatoms. The van der Waals surface area contributed by atoms with Crippen molar-refractivity contribution in [3.63, 3.8) is 0 Å². The molecule has 1 aromatic carbocycles. The molecular formula is C18H21N5O2. The normalized spacial score (nSPS) is 14.3. The van der Waals surface area contributed by atoms with E-state index in [0.717, 1.165) is 17.7 Å². The fourth-order valence-electron chi connectivity index (χ4n) is 2.80. The topological polar surface area (TPSA) is 78.4 Å². The summed E-state index contributed by atoms with van der Waals surface area (Å²) in [6.45, 7) is 6.21. The van der Waals surface area contributed by atoms with E-state index in [0.29, 0.717) is 37.7 Å². The van der Waals surface area contributed by atoms with Gasteiger partial charge in [0.15, 0.2) is 11.5 Å². The van der Waals surface area contributed by atoms with Gasteiger partial charge in [-0.3, -0.25) is 9.59 Å². The minimum atomic E-state index is -0.156. The van der Waals surface area contributed by atoms with Gasteiger partial charge in [-0.1, -0.05) is 17.7 Å². The van der Waals surface area contributed by atoms with Crippen LogP contribution in [0.1, 0.15) is 21.6 Å².